The van der Waals surface area contributed by atoms with Crippen LogP contribution in [0.1, 0.15) is 134 Å². The van der Waals surface area contributed by atoms with Crippen molar-refractivity contribution >= 4 is 53.3 Å². The van der Waals surface area contributed by atoms with Crippen molar-refractivity contribution in [2.75, 3.05) is 0 Å². The van der Waals surface area contributed by atoms with E-state index in [0.29, 0.717) is 19.3 Å². The molecule has 3 aliphatic rings. The van der Waals surface area contributed by atoms with Crippen molar-refractivity contribution in [2.45, 2.75) is 237 Å². The summed E-state index contributed by atoms with van der Waals surface area (Å²) in [5.41, 5.74) is 1.14. The molecule has 3 rings (SSSR count). The number of hydrogen-bond donors (Lipinski definition) is 0. The highest BCUT2D eigenvalue weighted by molar-refractivity contribution is 14.1. The summed E-state index contributed by atoms with van der Waals surface area (Å²) >= 11 is 2.36. The molecular formula is C42H79IO7Si3. The number of ketones is 1. The van der Waals surface area contributed by atoms with Crippen molar-refractivity contribution in [2.24, 2.45) is 0 Å². The van der Waals surface area contributed by atoms with E-state index < -0.39 is 42.9 Å². The highest BCUT2D eigenvalue weighted by atomic mass is 127. The van der Waals surface area contributed by atoms with Gasteiger partial charge < -0.3 is 32.3 Å². The van der Waals surface area contributed by atoms with Crippen LogP contribution in [0.2, 0.25) is 54.4 Å². The normalized spacial score (nSPS) is 28.5. The molecule has 53 heavy (non-hydrogen) atoms. The SMILES string of the molecule is C=C(I)CC[C@@H](O[Si](C)(C)C(C)(C)C)[C@H]1C[C@@H](O[Si](C)(C)C(C)(C)C)[C@@H](O[Si](C)(C)C(C)(C)C)[C@H]([C@H]2OC3(CCCC3)O[C@@H]2/C=C(\C)CCC(C)=O)O1. The van der Waals surface area contributed by atoms with Gasteiger partial charge in [0.25, 0.3) is 0 Å². The lowest BCUT2D eigenvalue weighted by atomic mass is 9.89. The minimum absolute atomic E-state index is 0.00773. The summed E-state index contributed by atoms with van der Waals surface area (Å²) in [5.74, 6) is -0.449. The number of allylic oxidation sites excluding steroid dienone is 2. The predicted molar refractivity (Wildman–Crippen MR) is 236 cm³/mol. The minimum Gasteiger partial charge on any atom is -0.411 e. The molecule has 0 bridgehead atoms. The zero-order valence-corrected chi connectivity index (χ0v) is 42.1. The maximum Gasteiger partial charge on any atom is 0.192 e. The van der Waals surface area contributed by atoms with Gasteiger partial charge in [-0.1, -0.05) is 80.5 Å². The third-order valence-corrected chi connectivity index (χ3v) is 27.4. The number of hydrogen-bond acceptors (Lipinski definition) is 7. The highest BCUT2D eigenvalue weighted by Gasteiger charge is 2.59. The largest absolute Gasteiger partial charge is 0.411 e. The van der Waals surface area contributed by atoms with Crippen LogP contribution in [0.4, 0.5) is 0 Å². The predicted octanol–water partition coefficient (Wildman–Crippen LogP) is 12.4. The molecule has 308 valence electrons. The zero-order valence-electron chi connectivity index (χ0n) is 36.9. The first kappa shape index (κ1) is 47.7. The second-order valence-electron chi connectivity index (χ2n) is 21.1. The summed E-state index contributed by atoms with van der Waals surface area (Å²) in [7, 11) is -6.82. The fraction of sp³-hybridized carbons (Fsp3) is 0.881. The zero-order chi connectivity index (χ0) is 40.6. The summed E-state index contributed by atoms with van der Waals surface area (Å²) in [6.45, 7) is 42.9. The lowest BCUT2D eigenvalue weighted by molar-refractivity contribution is -0.230. The van der Waals surface area contributed by atoms with Crippen LogP contribution in [0.25, 0.3) is 0 Å². The van der Waals surface area contributed by atoms with Crippen LogP contribution in [-0.4, -0.2) is 79.3 Å². The van der Waals surface area contributed by atoms with E-state index in [1.54, 1.807) is 6.92 Å². The Morgan fingerprint density at radius 3 is 1.83 bits per heavy atom. The lowest BCUT2D eigenvalue weighted by Crippen LogP contribution is -2.64. The Morgan fingerprint density at radius 1 is 0.811 bits per heavy atom. The van der Waals surface area contributed by atoms with E-state index in [4.69, 9.17) is 27.5 Å². The van der Waals surface area contributed by atoms with Gasteiger partial charge in [0.05, 0.1) is 24.4 Å². The monoisotopic (exact) mass is 906 g/mol. The van der Waals surface area contributed by atoms with Gasteiger partial charge in [-0.3, -0.25) is 0 Å². The van der Waals surface area contributed by atoms with Crippen LogP contribution in [0.3, 0.4) is 0 Å². The van der Waals surface area contributed by atoms with Gasteiger partial charge in [0.15, 0.2) is 30.7 Å². The second-order valence-corrected chi connectivity index (χ2v) is 36.9. The number of Topliss-reactive ketones (excluding diaryl/α,β-unsaturated/α-hetero) is 1. The molecule has 0 radical (unpaired) electrons. The first-order valence-electron chi connectivity index (χ1n) is 20.4. The molecule has 2 saturated heterocycles. The smallest absolute Gasteiger partial charge is 0.192 e. The summed E-state index contributed by atoms with van der Waals surface area (Å²) in [5, 5.41) is 0.0246. The average Bonchev–Trinajstić information content (AvgIpc) is 3.58. The lowest BCUT2D eigenvalue weighted by Gasteiger charge is -2.53. The molecule has 0 aromatic heterocycles. The van der Waals surface area contributed by atoms with Crippen LogP contribution < -0.4 is 0 Å². The molecule has 2 aliphatic heterocycles. The van der Waals surface area contributed by atoms with Crippen LogP contribution in [0.5, 0.6) is 0 Å². The van der Waals surface area contributed by atoms with Crippen molar-refractivity contribution in [1.82, 2.24) is 0 Å². The van der Waals surface area contributed by atoms with Crippen molar-refractivity contribution in [1.29, 1.82) is 0 Å². The first-order valence-corrected chi connectivity index (χ1v) is 30.3. The fourth-order valence-corrected chi connectivity index (χ4v) is 11.2. The Balaban J connectivity index is 2.27. The van der Waals surface area contributed by atoms with E-state index in [0.717, 1.165) is 47.7 Å². The molecule has 2 heterocycles. The van der Waals surface area contributed by atoms with Crippen molar-refractivity contribution < 1.29 is 32.3 Å². The molecule has 0 amide bonds. The van der Waals surface area contributed by atoms with Crippen LogP contribution >= 0.6 is 22.6 Å². The van der Waals surface area contributed by atoms with E-state index in [9.17, 15) is 4.79 Å². The highest BCUT2D eigenvalue weighted by Crippen LogP contribution is 2.49. The van der Waals surface area contributed by atoms with Gasteiger partial charge in [0.2, 0.25) is 0 Å². The van der Waals surface area contributed by atoms with E-state index in [-0.39, 0.29) is 51.4 Å². The van der Waals surface area contributed by atoms with E-state index >= 15 is 0 Å². The molecule has 0 aromatic carbocycles. The van der Waals surface area contributed by atoms with Crippen LogP contribution in [0.15, 0.2) is 21.8 Å². The Kier molecular flexibility index (Phi) is 15.9. The standard InChI is InChI=1S/C42H79IO7Si3/c1-29(21-23-31(3)44)27-34-36(47-42(46-34)25-19-20-26-42)38-37(50-53(17,18)41(10,11)12)35(49-52(15,16)40(7,8)9)28-33(45-38)32(24-22-30(2)43)48-51(13,14)39(4,5)6/h27,32-38H,2,19-26,28H2,1,3-18H3/b29-27+/t32-,33-,34-,35-,36+,37-,38+/m1/s1. The van der Waals surface area contributed by atoms with E-state index in [2.05, 4.69) is 144 Å². The van der Waals surface area contributed by atoms with Gasteiger partial charge >= 0.3 is 0 Å². The van der Waals surface area contributed by atoms with Gasteiger partial charge in [-0.25, -0.2) is 0 Å². The molecule has 1 spiro atoms. The molecule has 7 atom stereocenters. The van der Waals surface area contributed by atoms with Gasteiger partial charge in [-0.05, 0) is 127 Å². The number of halogens is 1. The van der Waals surface area contributed by atoms with Gasteiger partial charge in [-0.2, -0.15) is 0 Å². The minimum atomic E-state index is -2.34. The third kappa shape index (κ3) is 12.4. The van der Waals surface area contributed by atoms with Gasteiger partial charge in [0, 0.05) is 25.7 Å². The number of carbonyl (C=O) groups excluding carboxylic acids is 1. The number of rotatable bonds is 15. The first-order chi connectivity index (χ1) is 23.9. The maximum atomic E-state index is 12.0. The second kappa shape index (κ2) is 17.6. The molecule has 0 N–H and O–H groups in total. The molecule has 0 unspecified atom stereocenters. The maximum absolute atomic E-state index is 12.0. The number of carbonyl (C=O) groups is 1. The Bertz CT molecular complexity index is 1290. The van der Waals surface area contributed by atoms with Gasteiger partial charge in [-0.15, -0.1) is 0 Å². The fourth-order valence-electron chi connectivity index (χ4n) is 6.85. The molecule has 7 nitrogen and oxygen atoms in total. The molecule has 0 aromatic rings. The summed E-state index contributed by atoms with van der Waals surface area (Å²) < 4.78 is 45.4. The van der Waals surface area contributed by atoms with Crippen LogP contribution in [0, 0.1) is 0 Å². The molecular weight excluding hydrogens is 828 g/mol. The van der Waals surface area contributed by atoms with Crippen LogP contribution in [-0.2, 0) is 32.3 Å². The molecule has 1 saturated carbocycles. The Labute approximate surface area is 342 Å². The molecule has 11 heteroatoms. The van der Waals surface area contributed by atoms with Gasteiger partial charge in [0.1, 0.15) is 24.1 Å². The summed E-state index contributed by atoms with van der Waals surface area (Å²) in [6, 6.07) is 0. The summed E-state index contributed by atoms with van der Waals surface area (Å²) in [6.07, 6.45) is 7.54. The summed E-state index contributed by atoms with van der Waals surface area (Å²) in [4.78, 5) is 12.0. The molecule has 3 fully saturated rings. The molecule has 1 aliphatic carbocycles. The van der Waals surface area contributed by atoms with Crippen molar-refractivity contribution in [3.8, 4) is 0 Å². The van der Waals surface area contributed by atoms with E-state index in [1.165, 1.54) is 0 Å². The van der Waals surface area contributed by atoms with Crippen molar-refractivity contribution in [3.05, 3.63) is 21.8 Å². The Hall–Kier alpha value is 0.291. The average molecular weight is 907 g/mol. The topological polar surface area (TPSA) is 72.5 Å². The quantitative estimate of drug-likeness (QED) is 0.0921. The van der Waals surface area contributed by atoms with Crippen molar-refractivity contribution in [3.63, 3.8) is 0 Å². The number of ether oxygens (including phenoxy) is 3. The third-order valence-electron chi connectivity index (χ3n) is 13.4. The van der Waals surface area contributed by atoms with E-state index in [1.807, 2.05) is 0 Å². The Morgan fingerprint density at radius 2 is 1.34 bits per heavy atom.